The Bertz CT molecular complexity index is 1200. The number of aromatic nitrogens is 3. The lowest BCUT2D eigenvalue weighted by atomic mass is 9.99. The van der Waals surface area contributed by atoms with Crippen molar-refractivity contribution in [2.24, 2.45) is 13.0 Å². The quantitative estimate of drug-likeness (QED) is 0.264. The summed E-state index contributed by atoms with van der Waals surface area (Å²) in [5.41, 5.74) is 5.05. The summed E-state index contributed by atoms with van der Waals surface area (Å²) in [6.07, 6.45) is 8.98. The molecule has 1 fully saturated rings. The Morgan fingerprint density at radius 1 is 1.11 bits per heavy atom. The fourth-order valence-electron chi connectivity index (χ4n) is 4.95. The van der Waals surface area contributed by atoms with Crippen LogP contribution in [-0.2, 0) is 26.4 Å². The minimum Gasteiger partial charge on any atom is -0.493 e. The average molecular weight is 513 g/mol. The van der Waals surface area contributed by atoms with Crippen molar-refractivity contribution in [3.63, 3.8) is 0 Å². The van der Waals surface area contributed by atoms with Crippen molar-refractivity contribution in [2.45, 2.75) is 52.0 Å². The molecule has 0 unspecified atom stereocenters. The third kappa shape index (κ3) is 6.11. The van der Waals surface area contributed by atoms with E-state index < -0.39 is 0 Å². The highest BCUT2D eigenvalue weighted by Crippen LogP contribution is 2.30. The second-order valence-electron chi connectivity index (χ2n) is 9.51. The molecule has 35 heavy (non-hydrogen) atoms. The Balaban J connectivity index is 0.00000289. The molecule has 0 spiro atoms. The number of imidazole rings is 1. The highest BCUT2D eigenvalue weighted by molar-refractivity contribution is 7.17. The number of nitrogens with one attached hydrogen (secondary N) is 1. The van der Waals surface area contributed by atoms with E-state index in [1.54, 1.807) is 11.3 Å². The molecule has 1 aliphatic heterocycles. The van der Waals surface area contributed by atoms with Crippen LogP contribution in [0.5, 0.6) is 5.75 Å². The van der Waals surface area contributed by atoms with Gasteiger partial charge in [0.25, 0.3) is 0 Å². The van der Waals surface area contributed by atoms with Gasteiger partial charge in [-0.25, -0.2) is 4.98 Å². The Hall–Kier alpha value is -2.28. The zero-order chi connectivity index (χ0) is 23.3. The molecule has 0 saturated carbocycles. The van der Waals surface area contributed by atoms with E-state index in [1.807, 2.05) is 0 Å². The maximum absolute atomic E-state index is 6.05. The van der Waals surface area contributed by atoms with Crippen LogP contribution in [0, 0.1) is 5.92 Å². The zero-order valence-corrected chi connectivity index (χ0v) is 22.5. The molecule has 0 atom stereocenters. The average Bonchev–Trinajstić information content (AvgIpc) is 3.56. The van der Waals surface area contributed by atoms with E-state index in [4.69, 9.17) is 9.72 Å². The molecule has 188 valence electrons. The third-order valence-electron chi connectivity index (χ3n) is 6.96. The topological polar surface area (TPSA) is 44.0 Å². The van der Waals surface area contributed by atoms with Crippen LogP contribution in [0.4, 0.5) is 0 Å². The number of rotatable bonds is 10. The van der Waals surface area contributed by atoms with Crippen molar-refractivity contribution < 1.29 is 4.74 Å². The van der Waals surface area contributed by atoms with Crippen LogP contribution in [0.25, 0.3) is 21.7 Å². The Morgan fingerprint density at radius 3 is 2.66 bits per heavy atom. The van der Waals surface area contributed by atoms with Crippen molar-refractivity contribution in [2.75, 3.05) is 19.7 Å². The van der Waals surface area contributed by atoms with E-state index in [2.05, 4.69) is 76.4 Å². The zero-order valence-electron chi connectivity index (χ0n) is 20.8. The largest absolute Gasteiger partial charge is 0.493 e. The van der Waals surface area contributed by atoms with Crippen LogP contribution >= 0.6 is 23.7 Å². The van der Waals surface area contributed by atoms with Gasteiger partial charge in [0, 0.05) is 19.8 Å². The number of nitrogens with zero attached hydrogens (tertiary/aromatic N) is 3. The lowest BCUT2D eigenvalue weighted by Gasteiger charge is -2.22. The van der Waals surface area contributed by atoms with Gasteiger partial charge in [-0.15, -0.1) is 23.7 Å². The molecular formula is C28H37ClN4OS. The van der Waals surface area contributed by atoms with Crippen molar-refractivity contribution in [3.8, 4) is 17.3 Å². The van der Waals surface area contributed by atoms with Gasteiger partial charge >= 0.3 is 0 Å². The maximum Gasteiger partial charge on any atom is 0.156 e. The normalized spacial score (nSPS) is 14.3. The summed E-state index contributed by atoms with van der Waals surface area (Å²) in [4.78, 5) is 5.03. The van der Waals surface area contributed by atoms with Crippen LogP contribution in [0.15, 0.2) is 48.0 Å². The molecule has 0 aliphatic carbocycles. The van der Waals surface area contributed by atoms with Crippen LogP contribution in [0.3, 0.4) is 0 Å². The fourth-order valence-corrected chi connectivity index (χ4v) is 5.80. The molecule has 0 bridgehead atoms. The predicted octanol–water partition coefficient (Wildman–Crippen LogP) is 6.49. The molecule has 5 nitrogen and oxygen atoms in total. The van der Waals surface area contributed by atoms with E-state index in [1.165, 1.54) is 40.0 Å². The summed E-state index contributed by atoms with van der Waals surface area (Å²) in [5.74, 6) is 2.77. The van der Waals surface area contributed by atoms with Crippen LogP contribution in [0.1, 0.15) is 43.9 Å². The van der Waals surface area contributed by atoms with Crippen molar-refractivity contribution in [1.29, 1.82) is 0 Å². The van der Waals surface area contributed by atoms with E-state index in [0.29, 0.717) is 5.92 Å². The summed E-state index contributed by atoms with van der Waals surface area (Å²) in [6.45, 7) is 6.26. The van der Waals surface area contributed by atoms with E-state index in [-0.39, 0.29) is 12.4 Å². The molecule has 4 heterocycles. The minimum atomic E-state index is 0. The lowest BCUT2D eigenvalue weighted by molar-refractivity contribution is 0.215. The van der Waals surface area contributed by atoms with Gasteiger partial charge < -0.3 is 19.2 Å². The molecule has 0 amide bonds. The molecule has 7 heteroatoms. The Kier molecular flexibility index (Phi) is 8.93. The molecular weight excluding hydrogens is 476 g/mol. The van der Waals surface area contributed by atoms with Crippen molar-refractivity contribution in [1.82, 2.24) is 19.4 Å². The van der Waals surface area contributed by atoms with Gasteiger partial charge in [-0.05, 0) is 86.3 Å². The van der Waals surface area contributed by atoms with Crippen LogP contribution in [-0.4, -0.2) is 33.8 Å². The van der Waals surface area contributed by atoms with Gasteiger partial charge in [0.05, 0.1) is 28.2 Å². The van der Waals surface area contributed by atoms with Gasteiger partial charge in [0.15, 0.2) is 5.82 Å². The third-order valence-corrected chi connectivity index (χ3v) is 7.81. The first kappa shape index (κ1) is 25.8. The Labute approximate surface area is 218 Å². The monoisotopic (exact) mass is 512 g/mol. The first-order chi connectivity index (χ1) is 16.7. The van der Waals surface area contributed by atoms with E-state index >= 15 is 0 Å². The van der Waals surface area contributed by atoms with Gasteiger partial charge in [-0.1, -0.05) is 25.5 Å². The highest BCUT2D eigenvalue weighted by Gasteiger charge is 2.16. The number of hydrogen-bond donors (Lipinski definition) is 1. The second kappa shape index (κ2) is 12.1. The second-order valence-corrected chi connectivity index (χ2v) is 10.5. The van der Waals surface area contributed by atoms with Gasteiger partial charge in [-0.3, -0.25) is 0 Å². The molecule has 1 aromatic carbocycles. The summed E-state index contributed by atoms with van der Waals surface area (Å²) < 4.78 is 12.0. The predicted molar refractivity (Wildman–Crippen MR) is 149 cm³/mol. The number of hydrogen-bond acceptors (Lipinski definition) is 4. The summed E-state index contributed by atoms with van der Waals surface area (Å²) >= 11 is 1.80. The number of benzene rings is 1. The summed E-state index contributed by atoms with van der Waals surface area (Å²) in [5, 5.41) is 5.58. The molecule has 1 aliphatic rings. The van der Waals surface area contributed by atoms with E-state index in [9.17, 15) is 0 Å². The number of halogens is 1. The standard InChI is InChI=1S/C28H36N4OS.ClH/c1-3-5-23-19-32(28(30-23)26-18-27-25(31(26)2)13-17-34-27)16-4-6-21-7-9-24(10-8-21)33-20-22-11-14-29-15-12-22;/h7-10,13,17-19,22,29H,3-6,11-12,14-16,20H2,1-2H3;1H. The Morgan fingerprint density at radius 2 is 1.91 bits per heavy atom. The number of piperidine rings is 1. The fraction of sp³-hybridized carbons (Fsp3) is 0.464. The lowest BCUT2D eigenvalue weighted by Crippen LogP contribution is -2.30. The number of ether oxygens (including phenoxy) is 1. The van der Waals surface area contributed by atoms with Gasteiger partial charge in [0.2, 0.25) is 0 Å². The molecule has 1 saturated heterocycles. The van der Waals surface area contributed by atoms with Crippen molar-refractivity contribution in [3.05, 3.63) is 59.2 Å². The molecule has 0 radical (unpaired) electrons. The van der Waals surface area contributed by atoms with Crippen LogP contribution < -0.4 is 10.1 Å². The first-order valence-corrected chi connectivity index (χ1v) is 13.6. The van der Waals surface area contributed by atoms with E-state index in [0.717, 1.165) is 63.5 Å². The highest BCUT2D eigenvalue weighted by atomic mass is 35.5. The SMILES string of the molecule is CCCc1cn(CCCc2ccc(OCC3CCNCC3)cc2)c(-c2cc3sccc3n2C)n1.Cl. The van der Waals surface area contributed by atoms with Crippen molar-refractivity contribution >= 4 is 34.0 Å². The maximum atomic E-state index is 6.05. The van der Waals surface area contributed by atoms with Gasteiger partial charge in [-0.2, -0.15) is 0 Å². The summed E-state index contributed by atoms with van der Waals surface area (Å²) in [7, 11) is 2.15. The van der Waals surface area contributed by atoms with Crippen LogP contribution in [0.2, 0.25) is 0 Å². The molecule has 1 N–H and O–H groups in total. The number of fused-ring (bicyclic) bond motifs is 1. The molecule has 3 aromatic heterocycles. The summed E-state index contributed by atoms with van der Waals surface area (Å²) in [6, 6.07) is 13.2. The van der Waals surface area contributed by atoms with Gasteiger partial charge in [0.1, 0.15) is 5.75 Å². The first-order valence-electron chi connectivity index (χ1n) is 12.7. The minimum absolute atomic E-state index is 0. The number of aryl methyl sites for hydroxylation is 4. The smallest absolute Gasteiger partial charge is 0.156 e. The molecule has 5 rings (SSSR count). The molecule has 4 aromatic rings. The number of thiophene rings is 1.